The lowest BCUT2D eigenvalue weighted by Crippen LogP contribution is -2.47. The van der Waals surface area contributed by atoms with Crippen molar-refractivity contribution in [3.63, 3.8) is 0 Å². The molecule has 0 aliphatic heterocycles. The Balaban J connectivity index is 1.48. The number of amides is 2. The quantitative estimate of drug-likeness (QED) is 0.234. The summed E-state index contributed by atoms with van der Waals surface area (Å²) in [6.07, 6.45) is 2.27. The minimum absolute atomic E-state index is 0.219. The fraction of sp³-hybridized carbons (Fsp3) is 0.152. The maximum atomic E-state index is 13.9. The van der Waals surface area contributed by atoms with Crippen LogP contribution in [0.3, 0.4) is 0 Å². The van der Waals surface area contributed by atoms with Gasteiger partial charge in [-0.05, 0) is 53.8 Å². The Morgan fingerprint density at radius 1 is 0.763 bits per heavy atom. The monoisotopic (exact) mass is 501 g/mol. The number of H-pyrrole nitrogens is 1. The zero-order valence-electron chi connectivity index (χ0n) is 21.6. The normalized spacial score (nSPS) is 11.9. The molecule has 1 atom stereocenters. The van der Waals surface area contributed by atoms with Gasteiger partial charge in [-0.2, -0.15) is 0 Å². The number of nitrogens with one attached hydrogen (secondary N) is 3. The Morgan fingerprint density at radius 2 is 1.39 bits per heavy atom. The van der Waals surface area contributed by atoms with E-state index in [0.29, 0.717) is 6.42 Å². The van der Waals surface area contributed by atoms with Gasteiger partial charge in [0.05, 0.1) is 5.92 Å². The van der Waals surface area contributed by atoms with Crippen molar-refractivity contribution in [2.24, 2.45) is 0 Å². The zero-order chi connectivity index (χ0) is 26.5. The van der Waals surface area contributed by atoms with E-state index in [-0.39, 0.29) is 11.8 Å². The molecule has 0 bridgehead atoms. The molecule has 0 radical (unpaired) electrons. The predicted molar refractivity (Wildman–Crippen MR) is 153 cm³/mol. The van der Waals surface area contributed by atoms with Crippen LogP contribution in [0.25, 0.3) is 10.9 Å². The first-order valence-corrected chi connectivity index (χ1v) is 12.8. The van der Waals surface area contributed by atoms with E-state index in [9.17, 15) is 9.59 Å². The van der Waals surface area contributed by atoms with Crippen LogP contribution in [0.1, 0.15) is 33.7 Å². The average Bonchev–Trinajstić information content (AvgIpc) is 3.34. The van der Waals surface area contributed by atoms with E-state index in [4.69, 9.17) is 0 Å². The highest BCUT2D eigenvalue weighted by molar-refractivity contribution is 5.99. The van der Waals surface area contributed by atoms with E-state index in [0.717, 1.165) is 44.4 Å². The Morgan fingerprint density at radius 3 is 2.08 bits per heavy atom. The van der Waals surface area contributed by atoms with Gasteiger partial charge in [0.2, 0.25) is 11.8 Å². The van der Waals surface area contributed by atoms with Crippen LogP contribution >= 0.6 is 0 Å². The van der Waals surface area contributed by atoms with E-state index in [2.05, 4.69) is 15.6 Å². The van der Waals surface area contributed by atoms with Crippen molar-refractivity contribution in [3.05, 3.63) is 137 Å². The molecular weight excluding hydrogens is 470 g/mol. The molecule has 0 unspecified atom stereocenters. The number of carbonyl (C=O) groups excluding carboxylic acids is 2. The molecule has 5 heteroatoms. The standard InChI is InChI=1S/C33H31N3O2/c1-22-17-18-23(2)29(19-22)35-32(37)30(20-26-21-34-28-16-10-9-15-27(26)28)36-33(38)31(24-11-5-3-6-12-24)25-13-7-4-8-14-25/h3-19,21,30-31,34H,20H2,1-2H3,(H,35,37)(H,36,38)/t30-/m1/s1. The number of anilines is 1. The molecule has 38 heavy (non-hydrogen) atoms. The van der Waals surface area contributed by atoms with Crippen LogP contribution in [0.2, 0.25) is 0 Å². The molecule has 0 spiro atoms. The topological polar surface area (TPSA) is 74.0 Å². The third kappa shape index (κ3) is 5.52. The van der Waals surface area contributed by atoms with Crippen molar-refractivity contribution in [3.8, 4) is 0 Å². The van der Waals surface area contributed by atoms with Gasteiger partial charge >= 0.3 is 0 Å². The van der Waals surface area contributed by atoms with Gasteiger partial charge in [-0.25, -0.2) is 0 Å². The minimum Gasteiger partial charge on any atom is -0.361 e. The van der Waals surface area contributed by atoms with Crippen molar-refractivity contribution in [2.75, 3.05) is 5.32 Å². The maximum absolute atomic E-state index is 13.9. The summed E-state index contributed by atoms with van der Waals surface area (Å²) in [5.41, 5.74) is 6.47. The van der Waals surface area contributed by atoms with Gasteiger partial charge in [0.15, 0.2) is 0 Å². The highest BCUT2D eigenvalue weighted by atomic mass is 16.2. The van der Waals surface area contributed by atoms with Gasteiger partial charge in [0.1, 0.15) is 6.04 Å². The third-order valence-corrected chi connectivity index (χ3v) is 6.91. The van der Waals surface area contributed by atoms with Gasteiger partial charge in [-0.15, -0.1) is 0 Å². The van der Waals surface area contributed by atoms with Gasteiger partial charge < -0.3 is 15.6 Å². The summed E-state index contributed by atoms with van der Waals surface area (Å²) in [6.45, 7) is 3.95. The average molecular weight is 502 g/mol. The molecule has 0 fully saturated rings. The molecule has 0 aliphatic rings. The molecule has 190 valence electrons. The van der Waals surface area contributed by atoms with E-state index in [1.807, 2.05) is 123 Å². The second-order valence-electron chi connectivity index (χ2n) is 9.69. The van der Waals surface area contributed by atoms with Crippen LogP contribution in [0, 0.1) is 13.8 Å². The van der Waals surface area contributed by atoms with Gasteiger partial charge in [-0.3, -0.25) is 9.59 Å². The number of aromatic nitrogens is 1. The molecule has 5 rings (SSSR count). The number of rotatable bonds is 8. The number of hydrogen-bond donors (Lipinski definition) is 3. The highest BCUT2D eigenvalue weighted by Gasteiger charge is 2.29. The number of aromatic amines is 1. The number of fused-ring (bicyclic) bond motifs is 1. The first kappa shape index (κ1) is 25.0. The third-order valence-electron chi connectivity index (χ3n) is 6.91. The number of aryl methyl sites for hydroxylation is 2. The molecule has 1 aromatic heterocycles. The van der Waals surface area contributed by atoms with Gasteiger partial charge in [0, 0.05) is 29.2 Å². The second-order valence-corrected chi connectivity index (χ2v) is 9.69. The van der Waals surface area contributed by atoms with E-state index in [1.165, 1.54) is 0 Å². The van der Waals surface area contributed by atoms with Crippen molar-refractivity contribution in [1.29, 1.82) is 0 Å². The summed E-state index contributed by atoms with van der Waals surface area (Å²) >= 11 is 0. The van der Waals surface area contributed by atoms with E-state index in [1.54, 1.807) is 0 Å². The molecule has 1 heterocycles. The Bertz CT molecular complexity index is 1520. The van der Waals surface area contributed by atoms with Gasteiger partial charge in [0.25, 0.3) is 0 Å². The van der Waals surface area contributed by atoms with E-state index >= 15 is 0 Å². The fourth-order valence-electron chi connectivity index (χ4n) is 4.86. The van der Waals surface area contributed by atoms with E-state index < -0.39 is 12.0 Å². The lowest BCUT2D eigenvalue weighted by Gasteiger charge is -2.23. The summed E-state index contributed by atoms with van der Waals surface area (Å²) in [6, 6.07) is 32.5. The first-order valence-electron chi connectivity index (χ1n) is 12.8. The van der Waals surface area contributed by atoms with Crippen LogP contribution in [0.4, 0.5) is 5.69 Å². The largest absolute Gasteiger partial charge is 0.361 e. The summed E-state index contributed by atoms with van der Waals surface area (Å²) in [5.74, 6) is -1.02. The van der Waals surface area contributed by atoms with Crippen molar-refractivity contribution < 1.29 is 9.59 Å². The number of benzene rings is 4. The second kappa shape index (κ2) is 11.2. The first-order chi connectivity index (χ1) is 18.5. The molecule has 0 aliphatic carbocycles. The number of hydrogen-bond acceptors (Lipinski definition) is 2. The van der Waals surface area contributed by atoms with Crippen molar-refractivity contribution >= 4 is 28.4 Å². The van der Waals surface area contributed by atoms with Crippen molar-refractivity contribution in [2.45, 2.75) is 32.2 Å². The maximum Gasteiger partial charge on any atom is 0.247 e. The Labute approximate surface area is 222 Å². The summed E-state index contributed by atoms with van der Waals surface area (Å²) in [5, 5.41) is 7.21. The molecular formula is C33H31N3O2. The lowest BCUT2D eigenvalue weighted by molar-refractivity contribution is -0.126. The molecule has 4 aromatic carbocycles. The molecule has 2 amide bonds. The van der Waals surface area contributed by atoms with Crippen LogP contribution in [-0.2, 0) is 16.0 Å². The predicted octanol–water partition coefficient (Wildman–Crippen LogP) is 6.28. The van der Waals surface area contributed by atoms with Gasteiger partial charge in [-0.1, -0.05) is 91.0 Å². The molecule has 5 nitrogen and oxygen atoms in total. The molecule has 0 saturated heterocycles. The zero-order valence-corrected chi connectivity index (χ0v) is 21.6. The molecule has 5 aromatic rings. The van der Waals surface area contributed by atoms with Crippen LogP contribution in [-0.4, -0.2) is 22.8 Å². The Hall–Kier alpha value is -4.64. The lowest BCUT2D eigenvalue weighted by atomic mass is 9.90. The molecule has 0 saturated carbocycles. The van der Waals surface area contributed by atoms with Crippen LogP contribution in [0.5, 0.6) is 0 Å². The summed E-state index contributed by atoms with van der Waals surface area (Å²) in [4.78, 5) is 30.9. The Kier molecular flexibility index (Phi) is 7.36. The van der Waals surface area contributed by atoms with Crippen LogP contribution in [0.15, 0.2) is 109 Å². The molecule has 3 N–H and O–H groups in total. The highest BCUT2D eigenvalue weighted by Crippen LogP contribution is 2.26. The summed E-state index contributed by atoms with van der Waals surface area (Å²) < 4.78 is 0. The van der Waals surface area contributed by atoms with Crippen LogP contribution < -0.4 is 10.6 Å². The summed E-state index contributed by atoms with van der Waals surface area (Å²) in [7, 11) is 0. The number of carbonyl (C=O) groups is 2. The number of para-hydroxylation sites is 1. The minimum atomic E-state index is -0.781. The SMILES string of the molecule is Cc1ccc(C)c(NC(=O)[C@@H](Cc2c[nH]c3ccccc23)NC(=O)C(c2ccccc2)c2ccccc2)c1. The fourth-order valence-corrected chi connectivity index (χ4v) is 4.86. The van der Waals surface area contributed by atoms with Crippen molar-refractivity contribution in [1.82, 2.24) is 10.3 Å². The smallest absolute Gasteiger partial charge is 0.247 e.